The molecule has 0 fully saturated rings. The minimum Gasteiger partial charge on any atom is -0.493 e. The van der Waals surface area contributed by atoms with Gasteiger partial charge in [0.1, 0.15) is 5.75 Å². The molecule has 0 saturated heterocycles. The van der Waals surface area contributed by atoms with Crippen molar-refractivity contribution >= 4 is 0 Å². The van der Waals surface area contributed by atoms with E-state index in [0.717, 1.165) is 16.9 Å². The summed E-state index contributed by atoms with van der Waals surface area (Å²) in [6, 6.07) is 12.8. The van der Waals surface area contributed by atoms with Crippen LogP contribution in [0.1, 0.15) is 17.0 Å². The van der Waals surface area contributed by atoms with E-state index in [1.54, 1.807) is 6.07 Å². The van der Waals surface area contributed by atoms with Crippen LogP contribution in [-0.2, 0) is 6.42 Å². The predicted octanol–water partition coefficient (Wildman–Crippen LogP) is 2.88. The quantitative estimate of drug-likeness (QED) is 0.919. The van der Waals surface area contributed by atoms with Crippen molar-refractivity contribution in [2.75, 3.05) is 19.8 Å². The van der Waals surface area contributed by atoms with Crippen molar-refractivity contribution in [1.82, 2.24) is 0 Å². The average molecular weight is 287 g/mol. The van der Waals surface area contributed by atoms with E-state index in [1.165, 1.54) is 6.07 Å². The molecule has 0 spiro atoms. The lowest BCUT2D eigenvalue weighted by molar-refractivity contribution is 0.239. The number of rotatable bonds is 5. The standard InChI is InChI=1S/C17H18FNO2/c18-15-6-3-4-12(8-9-19)17(15)21-11-13-10-20-16-7-2-1-5-14(13)16/h1-7,13H,8-11,19H2. The Bertz CT molecular complexity index is 630. The first kappa shape index (κ1) is 13.9. The molecule has 1 unspecified atom stereocenters. The molecule has 2 aromatic rings. The van der Waals surface area contributed by atoms with Crippen molar-refractivity contribution in [1.29, 1.82) is 0 Å². The number of hydrogen-bond acceptors (Lipinski definition) is 3. The maximum absolute atomic E-state index is 13.9. The van der Waals surface area contributed by atoms with Crippen LogP contribution in [0.5, 0.6) is 11.5 Å². The van der Waals surface area contributed by atoms with E-state index in [4.69, 9.17) is 15.2 Å². The van der Waals surface area contributed by atoms with Gasteiger partial charge in [0.05, 0.1) is 19.1 Å². The number of halogens is 1. The molecule has 0 radical (unpaired) electrons. The molecule has 2 aromatic carbocycles. The predicted molar refractivity (Wildman–Crippen MR) is 79.3 cm³/mol. The Morgan fingerprint density at radius 1 is 1.19 bits per heavy atom. The van der Waals surface area contributed by atoms with Gasteiger partial charge in [-0.05, 0) is 30.7 Å². The number of ether oxygens (including phenoxy) is 2. The van der Waals surface area contributed by atoms with Crippen LogP contribution in [0.4, 0.5) is 4.39 Å². The van der Waals surface area contributed by atoms with Crippen LogP contribution in [-0.4, -0.2) is 19.8 Å². The van der Waals surface area contributed by atoms with E-state index in [9.17, 15) is 4.39 Å². The molecule has 0 aromatic heterocycles. The highest BCUT2D eigenvalue weighted by atomic mass is 19.1. The molecule has 21 heavy (non-hydrogen) atoms. The lowest BCUT2D eigenvalue weighted by Crippen LogP contribution is -2.14. The van der Waals surface area contributed by atoms with Crippen molar-refractivity contribution < 1.29 is 13.9 Å². The third kappa shape index (κ3) is 2.85. The molecule has 3 nitrogen and oxygen atoms in total. The largest absolute Gasteiger partial charge is 0.493 e. The van der Waals surface area contributed by atoms with Crippen molar-refractivity contribution in [3.8, 4) is 11.5 Å². The summed E-state index contributed by atoms with van der Waals surface area (Å²) in [7, 11) is 0. The van der Waals surface area contributed by atoms with Gasteiger partial charge in [0.15, 0.2) is 11.6 Å². The summed E-state index contributed by atoms with van der Waals surface area (Å²) in [6.07, 6.45) is 0.602. The smallest absolute Gasteiger partial charge is 0.165 e. The van der Waals surface area contributed by atoms with Crippen molar-refractivity contribution in [3.05, 3.63) is 59.4 Å². The molecule has 0 saturated carbocycles. The molecule has 0 aliphatic carbocycles. The van der Waals surface area contributed by atoms with Crippen LogP contribution in [0.15, 0.2) is 42.5 Å². The third-order valence-corrected chi connectivity index (χ3v) is 3.69. The first-order valence-corrected chi connectivity index (χ1v) is 7.11. The lowest BCUT2D eigenvalue weighted by Gasteiger charge is -2.15. The molecule has 1 atom stereocenters. The van der Waals surface area contributed by atoms with E-state index in [0.29, 0.717) is 31.9 Å². The van der Waals surface area contributed by atoms with E-state index < -0.39 is 0 Å². The molecule has 3 rings (SSSR count). The molecule has 1 aliphatic rings. The Hall–Kier alpha value is -2.07. The van der Waals surface area contributed by atoms with Gasteiger partial charge in [0.2, 0.25) is 0 Å². The highest BCUT2D eigenvalue weighted by Gasteiger charge is 2.24. The molecule has 1 aliphatic heterocycles. The fourth-order valence-corrected chi connectivity index (χ4v) is 2.62. The van der Waals surface area contributed by atoms with Crippen LogP contribution >= 0.6 is 0 Å². The molecule has 2 N–H and O–H groups in total. The third-order valence-electron chi connectivity index (χ3n) is 3.69. The van der Waals surface area contributed by atoms with Crippen molar-refractivity contribution in [2.24, 2.45) is 5.73 Å². The number of hydrogen-bond donors (Lipinski definition) is 1. The first-order valence-electron chi connectivity index (χ1n) is 7.11. The van der Waals surface area contributed by atoms with Crippen LogP contribution in [0.3, 0.4) is 0 Å². The fraction of sp³-hybridized carbons (Fsp3) is 0.294. The summed E-state index contributed by atoms with van der Waals surface area (Å²) in [5.74, 6) is 0.994. The van der Waals surface area contributed by atoms with E-state index >= 15 is 0 Å². The summed E-state index contributed by atoms with van der Waals surface area (Å²) in [5.41, 5.74) is 7.49. The van der Waals surface area contributed by atoms with Gasteiger partial charge in [-0.3, -0.25) is 0 Å². The zero-order valence-electron chi connectivity index (χ0n) is 11.7. The lowest BCUT2D eigenvalue weighted by atomic mass is 10.0. The van der Waals surface area contributed by atoms with Gasteiger partial charge in [-0.15, -0.1) is 0 Å². The number of para-hydroxylation sites is 2. The molecule has 1 heterocycles. The zero-order valence-corrected chi connectivity index (χ0v) is 11.7. The molecular formula is C17H18FNO2. The molecular weight excluding hydrogens is 269 g/mol. The highest BCUT2D eigenvalue weighted by Crippen LogP contribution is 2.34. The SMILES string of the molecule is NCCc1cccc(F)c1OCC1COc2ccccc21. The maximum Gasteiger partial charge on any atom is 0.165 e. The molecule has 4 heteroatoms. The topological polar surface area (TPSA) is 44.5 Å². The minimum absolute atomic E-state index is 0.131. The second-order valence-electron chi connectivity index (χ2n) is 5.12. The van der Waals surface area contributed by atoms with Gasteiger partial charge in [0, 0.05) is 5.56 Å². The Balaban J connectivity index is 1.74. The van der Waals surface area contributed by atoms with Crippen LogP contribution in [0.25, 0.3) is 0 Å². The van der Waals surface area contributed by atoms with Crippen LogP contribution in [0, 0.1) is 5.82 Å². The van der Waals surface area contributed by atoms with Gasteiger partial charge in [0.25, 0.3) is 0 Å². The first-order chi connectivity index (χ1) is 10.3. The molecule has 0 bridgehead atoms. The Labute approximate surface area is 123 Å². The van der Waals surface area contributed by atoms with Gasteiger partial charge >= 0.3 is 0 Å². The monoisotopic (exact) mass is 287 g/mol. The van der Waals surface area contributed by atoms with E-state index in [2.05, 4.69) is 0 Å². The van der Waals surface area contributed by atoms with Gasteiger partial charge in [-0.25, -0.2) is 4.39 Å². The Morgan fingerprint density at radius 2 is 2.05 bits per heavy atom. The number of fused-ring (bicyclic) bond motifs is 1. The minimum atomic E-state index is -0.340. The van der Waals surface area contributed by atoms with Crippen LogP contribution in [0.2, 0.25) is 0 Å². The van der Waals surface area contributed by atoms with Crippen molar-refractivity contribution in [2.45, 2.75) is 12.3 Å². The zero-order chi connectivity index (χ0) is 14.7. The van der Waals surface area contributed by atoms with Gasteiger partial charge in [-0.1, -0.05) is 30.3 Å². The Morgan fingerprint density at radius 3 is 2.90 bits per heavy atom. The number of nitrogens with two attached hydrogens (primary N) is 1. The normalized spacial score (nSPS) is 16.4. The summed E-state index contributed by atoms with van der Waals surface area (Å²) >= 11 is 0. The molecule has 110 valence electrons. The average Bonchev–Trinajstić information content (AvgIpc) is 2.90. The highest BCUT2D eigenvalue weighted by molar-refractivity contribution is 5.40. The van der Waals surface area contributed by atoms with E-state index in [-0.39, 0.29) is 11.7 Å². The molecule has 0 amide bonds. The fourth-order valence-electron chi connectivity index (χ4n) is 2.62. The van der Waals surface area contributed by atoms with Gasteiger partial charge in [-0.2, -0.15) is 0 Å². The van der Waals surface area contributed by atoms with Crippen molar-refractivity contribution in [3.63, 3.8) is 0 Å². The number of benzene rings is 2. The summed E-state index contributed by atoms with van der Waals surface area (Å²) in [4.78, 5) is 0. The van der Waals surface area contributed by atoms with Crippen LogP contribution < -0.4 is 15.2 Å². The maximum atomic E-state index is 13.9. The second kappa shape index (κ2) is 6.14. The second-order valence-corrected chi connectivity index (χ2v) is 5.12. The van der Waals surface area contributed by atoms with E-state index in [1.807, 2.05) is 30.3 Å². The summed E-state index contributed by atoms with van der Waals surface area (Å²) in [5, 5.41) is 0. The summed E-state index contributed by atoms with van der Waals surface area (Å²) in [6.45, 7) is 1.44. The summed E-state index contributed by atoms with van der Waals surface area (Å²) < 4.78 is 25.3. The Kier molecular flexibility index (Phi) is 4.06. The van der Waals surface area contributed by atoms with Gasteiger partial charge < -0.3 is 15.2 Å².